The largest absolute Gasteiger partial charge is 0.354 e. The van der Waals surface area contributed by atoms with Gasteiger partial charge >= 0.3 is 0 Å². The summed E-state index contributed by atoms with van der Waals surface area (Å²) in [5.41, 5.74) is 1.94. The molecular formula is C17H23N3OS. The van der Waals surface area contributed by atoms with Crippen LogP contribution in [-0.2, 0) is 11.2 Å². The van der Waals surface area contributed by atoms with Crippen LogP contribution in [0.15, 0.2) is 35.7 Å². The first-order valence-electron chi connectivity index (χ1n) is 7.71. The molecule has 0 aliphatic heterocycles. The zero-order chi connectivity index (χ0) is 15.8. The zero-order valence-electron chi connectivity index (χ0n) is 13.2. The van der Waals surface area contributed by atoms with Crippen LogP contribution >= 0.6 is 11.3 Å². The van der Waals surface area contributed by atoms with Crippen molar-refractivity contribution in [3.8, 4) is 10.6 Å². The molecule has 0 saturated heterocycles. The van der Waals surface area contributed by atoms with Crippen LogP contribution in [0.5, 0.6) is 0 Å². The van der Waals surface area contributed by atoms with Gasteiger partial charge in [0.25, 0.3) is 0 Å². The SMILES string of the molecule is CCN(CC)CCNC(=O)Cc1csc(-c2ccccc2)n1. The number of rotatable bonds is 8. The van der Waals surface area contributed by atoms with Crippen LogP contribution in [0, 0.1) is 0 Å². The summed E-state index contributed by atoms with van der Waals surface area (Å²) in [5.74, 6) is 0.0390. The van der Waals surface area contributed by atoms with Gasteiger partial charge < -0.3 is 10.2 Å². The first-order chi connectivity index (χ1) is 10.7. The molecule has 0 fully saturated rings. The van der Waals surface area contributed by atoms with E-state index in [1.807, 2.05) is 35.7 Å². The molecule has 0 radical (unpaired) electrons. The predicted octanol–water partition coefficient (Wildman–Crippen LogP) is 2.81. The maximum absolute atomic E-state index is 12.0. The lowest BCUT2D eigenvalue weighted by Gasteiger charge is -2.17. The monoisotopic (exact) mass is 317 g/mol. The lowest BCUT2D eigenvalue weighted by atomic mass is 10.2. The van der Waals surface area contributed by atoms with Gasteiger partial charge in [-0.2, -0.15) is 0 Å². The van der Waals surface area contributed by atoms with Gasteiger partial charge in [0.2, 0.25) is 5.91 Å². The molecule has 22 heavy (non-hydrogen) atoms. The Hall–Kier alpha value is -1.72. The number of likely N-dealkylation sites (N-methyl/N-ethyl adjacent to an activating group) is 1. The van der Waals surface area contributed by atoms with Crippen molar-refractivity contribution in [1.82, 2.24) is 15.2 Å². The van der Waals surface area contributed by atoms with Crippen molar-refractivity contribution in [1.29, 1.82) is 0 Å². The summed E-state index contributed by atoms with van der Waals surface area (Å²) in [7, 11) is 0. The quantitative estimate of drug-likeness (QED) is 0.814. The highest BCUT2D eigenvalue weighted by atomic mass is 32.1. The van der Waals surface area contributed by atoms with Crippen molar-refractivity contribution in [2.45, 2.75) is 20.3 Å². The normalized spacial score (nSPS) is 10.9. The molecule has 0 atom stereocenters. The highest BCUT2D eigenvalue weighted by Crippen LogP contribution is 2.23. The fourth-order valence-corrected chi connectivity index (χ4v) is 3.05. The first-order valence-corrected chi connectivity index (χ1v) is 8.59. The second-order valence-electron chi connectivity index (χ2n) is 5.06. The third-order valence-corrected chi connectivity index (χ3v) is 4.50. The molecule has 0 spiro atoms. The van der Waals surface area contributed by atoms with Crippen molar-refractivity contribution in [2.75, 3.05) is 26.2 Å². The molecule has 1 heterocycles. The maximum Gasteiger partial charge on any atom is 0.226 e. The standard InChI is InChI=1S/C17H23N3OS/c1-3-20(4-2)11-10-18-16(21)12-15-13-22-17(19-15)14-8-6-5-7-9-14/h5-9,13H,3-4,10-12H2,1-2H3,(H,18,21). The van der Waals surface area contributed by atoms with Crippen LogP contribution < -0.4 is 5.32 Å². The van der Waals surface area contributed by atoms with E-state index in [4.69, 9.17) is 0 Å². The molecule has 0 aliphatic carbocycles. The zero-order valence-corrected chi connectivity index (χ0v) is 14.0. The van der Waals surface area contributed by atoms with Crippen LogP contribution in [0.3, 0.4) is 0 Å². The number of nitrogens with zero attached hydrogens (tertiary/aromatic N) is 2. The van der Waals surface area contributed by atoms with Gasteiger partial charge in [-0.25, -0.2) is 4.98 Å². The minimum atomic E-state index is 0.0390. The number of hydrogen-bond donors (Lipinski definition) is 1. The summed E-state index contributed by atoms with van der Waals surface area (Å²) in [6, 6.07) is 10.0. The lowest BCUT2D eigenvalue weighted by molar-refractivity contribution is -0.120. The molecule has 4 nitrogen and oxygen atoms in total. The molecule has 0 unspecified atom stereocenters. The van der Waals surface area contributed by atoms with E-state index in [-0.39, 0.29) is 5.91 Å². The van der Waals surface area contributed by atoms with Crippen molar-refractivity contribution in [3.05, 3.63) is 41.4 Å². The van der Waals surface area contributed by atoms with Crippen LogP contribution in [0.2, 0.25) is 0 Å². The van der Waals surface area contributed by atoms with Crippen LogP contribution in [-0.4, -0.2) is 42.0 Å². The van der Waals surface area contributed by atoms with Crippen molar-refractivity contribution in [3.63, 3.8) is 0 Å². The number of nitrogens with one attached hydrogen (secondary N) is 1. The van der Waals surface area contributed by atoms with Gasteiger partial charge in [0, 0.05) is 24.0 Å². The molecule has 1 N–H and O–H groups in total. The summed E-state index contributed by atoms with van der Waals surface area (Å²) in [4.78, 5) is 18.8. The van der Waals surface area contributed by atoms with E-state index in [1.165, 1.54) is 0 Å². The fourth-order valence-electron chi connectivity index (χ4n) is 2.22. The molecule has 2 rings (SSSR count). The highest BCUT2D eigenvalue weighted by molar-refractivity contribution is 7.13. The van der Waals surface area contributed by atoms with E-state index in [9.17, 15) is 4.79 Å². The van der Waals surface area contributed by atoms with Gasteiger partial charge in [-0.15, -0.1) is 11.3 Å². The number of thiazole rings is 1. The highest BCUT2D eigenvalue weighted by Gasteiger charge is 2.09. The number of carbonyl (C=O) groups is 1. The second-order valence-corrected chi connectivity index (χ2v) is 5.92. The van der Waals surface area contributed by atoms with Crippen molar-refractivity contribution >= 4 is 17.2 Å². The fraction of sp³-hybridized carbons (Fsp3) is 0.412. The molecule has 1 aromatic carbocycles. The number of amides is 1. The smallest absolute Gasteiger partial charge is 0.226 e. The van der Waals surface area contributed by atoms with Gasteiger partial charge in [0.1, 0.15) is 5.01 Å². The molecular weight excluding hydrogens is 294 g/mol. The summed E-state index contributed by atoms with van der Waals surface area (Å²) in [6.07, 6.45) is 0.349. The van der Waals surface area contributed by atoms with E-state index in [0.717, 1.165) is 35.9 Å². The van der Waals surface area contributed by atoms with Gasteiger partial charge in [-0.05, 0) is 13.1 Å². The molecule has 0 saturated carbocycles. The Labute approximate surface area is 136 Å². The van der Waals surface area contributed by atoms with Crippen LogP contribution in [0.25, 0.3) is 10.6 Å². The lowest BCUT2D eigenvalue weighted by Crippen LogP contribution is -2.35. The average molecular weight is 317 g/mol. The Morgan fingerprint density at radius 2 is 1.95 bits per heavy atom. The molecule has 5 heteroatoms. The summed E-state index contributed by atoms with van der Waals surface area (Å²) in [6.45, 7) is 7.87. The van der Waals surface area contributed by atoms with E-state index < -0.39 is 0 Å². The molecule has 1 amide bonds. The Balaban J connectivity index is 1.81. The van der Waals surface area contributed by atoms with Crippen LogP contribution in [0.4, 0.5) is 0 Å². The number of aromatic nitrogens is 1. The summed E-state index contributed by atoms with van der Waals surface area (Å²) >= 11 is 1.58. The Kier molecular flexibility index (Phi) is 6.55. The third-order valence-electron chi connectivity index (χ3n) is 3.56. The van der Waals surface area contributed by atoms with Gasteiger partial charge in [-0.3, -0.25) is 4.79 Å². The molecule has 0 aliphatic rings. The van der Waals surface area contributed by atoms with E-state index in [0.29, 0.717) is 13.0 Å². The molecule has 118 valence electrons. The first kappa shape index (κ1) is 16.6. The number of benzene rings is 1. The molecule has 2 aromatic rings. The van der Waals surface area contributed by atoms with Crippen molar-refractivity contribution in [2.24, 2.45) is 0 Å². The Morgan fingerprint density at radius 1 is 1.23 bits per heavy atom. The van der Waals surface area contributed by atoms with Crippen molar-refractivity contribution < 1.29 is 4.79 Å². The predicted molar refractivity (Wildman–Crippen MR) is 92.1 cm³/mol. The van der Waals surface area contributed by atoms with Gasteiger partial charge in [-0.1, -0.05) is 44.2 Å². The second kappa shape index (κ2) is 8.66. The van der Waals surface area contributed by atoms with Gasteiger partial charge in [0.05, 0.1) is 12.1 Å². The summed E-state index contributed by atoms with van der Waals surface area (Å²) in [5, 5.41) is 5.89. The maximum atomic E-state index is 12.0. The molecule has 1 aromatic heterocycles. The third kappa shape index (κ3) is 4.93. The Morgan fingerprint density at radius 3 is 2.64 bits per heavy atom. The topological polar surface area (TPSA) is 45.2 Å². The summed E-state index contributed by atoms with van der Waals surface area (Å²) < 4.78 is 0. The minimum Gasteiger partial charge on any atom is -0.354 e. The van der Waals surface area contributed by atoms with Gasteiger partial charge in [0.15, 0.2) is 0 Å². The number of carbonyl (C=O) groups excluding carboxylic acids is 1. The van der Waals surface area contributed by atoms with E-state index >= 15 is 0 Å². The van der Waals surface area contributed by atoms with E-state index in [2.05, 4.69) is 29.0 Å². The van der Waals surface area contributed by atoms with E-state index in [1.54, 1.807) is 11.3 Å². The number of hydrogen-bond acceptors (Lipinski definition) is 4. The van der Waals surface area contributed by atoms with Crippen LogP contribution in [0.1, 0.15) is 19.5 Å². The molecule has 0 bridgehead atoms. The minimum absolute atomic E-state index is 0.0390. The Bertz CT molecular complexity index is 579. The average Bonchev–Trinajstić information content (AvgIpc) is 3.01.